The summed E-state index contributed by atoms with van der Waals surface area (Å²) in [6, 6.07) is 10.7. The highest BCUT2D eigenvalue weighted by Crippen LogP contribution is 2.34. The number of fused-ring (bicyclic) bond motifs is 1. The van der Waals surface area contributed by atoms with Gasteiger partial charge < -0.3 is 20.7 Å². The number of halogens is 3. The van der Waals surface area contributed by atoms with Crippen molar-refractivity contribution in [1.29, 1.82) is 0 Å². The zero-order valence-corrected chi connectivity index (χ0v) is 19.1. The van der Waals surface area contributed by atoms with Gasteiger partial charge in [0.1, 0.15) is 17.2 Å². The standard InChI is InChI=1S/C26H22F3N3O3/c1-12-10-16(14(3)31-20-9-5-7-18(27)21(20)26(30)32-34)25-17(11-12)23(33)13(2)24(35-25)15-6-4-8-19(28)22(15)29/h4-11,14,31,34H,1-3H3,(H2,30,32)/t14-/m1/s1. The molecule has 1 aromatic heterocycles. The van der Waals surface area contributed by atoms with Crippen LogP contribution in [0.3, 0.4) is 0 Å². The van der Waals surface area contributed by atoms with Crippen molar-refractivity contribution in [3.05, 3.63) is 98.5 Å². The number of oxime groups is 1. The van der Waals surface area contributed by atoms with E-state index in [1.807, 2.05) is 0 Å². The molecule has 0 unspecified atom stereocenters. The summed E-state index contributed by atoms with van der Waals surface area (Å²) in [6.07, 6.45) is 0. The third-order valence-electron chi connectivity index (χ3n) is 5.80. The number of rotatable bonds is 5. The summed E-state index contributed by atoms with van der Waals surface area (Å²) in [5.41, 5.74) is 6.81. The molecule has 0 spiro atoms. The lowest BCUT2D eigenvalue weighted by Crippen LogP contribution is -2.19. The van der Waals surface area contributed by atoms with Crippen molar-refractivity contribution in [2.45, 2.75) is 26.8 Å². The van der Waals surface area contributed by atoms with Gasteiger partial charge in [0.05, 0.1) is 22.6 Å². The largest absolute Gasteiger partial charge is 0.455 e. The number of nitrogens with one attached hydrogen (secondary N) is 1. The Morgan fingerprint density at radius 1 is 1.09 bits per heavy atom. The average molecular weight is 481 g/mol. The number of nitrogens with zero attached hydrogens (tertiary/aromatic N) is 1. The molecule has 35 heavy (non-hydrogen) atoms. The van der Waals surface area contributed by atoms with E-state index in [0.29, 0.717) is 5.56 Å². The van der Waals surface area contributed by atoms with Crippen LogP contribution in [0.2, 0.25) is 0 Å². The first-order valence-electron chi connectivity index (χ1n) is 10.7. The number of benzene rings is 3. The monoisotopic (exact) mass is 481 g/mol. The molecule has 4 N–H and O–H groups in total. The Morgan fingerprint density at radius 3 is 2.49 bits per heavy atom. The maximum atomic E-state index is 14.6. The molecular weight excluding hydrogens is 459 g/mol. The van der Waals surface area contributed by atoms with E-state index in [1.165, 1.54) is 31.2 Å². The lowest BCUT2D eigenvalue weighted by atomic mass is 9.98. The highest BCUT2D eigenvalue weighted by Gasteiger charge is 2.22. The summed E-state index contributed by atoms with van der Waals surface area (Å²) in [4.78, 5) is 13.2. The van der Waals surface area contributed by atoms with Crippen LogP contribution in [0.25, 0.3) is 22.3 Å². The number of anilines is 1. The molecule has 180 valence electrons. The molecular formula is C26H22F3N3O3. The molecule has 6 nitrogen and oxygen atoms in total. The molecule has 1 heterocycles. The van der Waals surface area contributed by atoms with Gasteiger partial charge in [0.15, 0.2) is 22.9 Å². The first-order valence-corrected chi connectivity index (χ1v) is 10.7. The quantitative estimate of drug-likeness (QED) is 0.146. The van der Waals surface area contributed by atoms with Crippen LogP contribution in [0.4, 0.5) is 18.9 Å². The Bertz CT molecular complexity index is 1550. The molecule has 0 bridgehead atoms. The van der Waals surface area contributed by atoms with Gasteiger partial charge in [-0.25, -0.2) is 13.2 Å². The van der Waals surface area contributed by atoms with Crippen molar-refractivity contribution < 1.29 is 22.8 Å². The molecule has 4 aromatic rings. The SMILES string of the molecule is Cc1cc([C@@H](C)Nc2cccc(F)c2/C(N)=N/O)c2oc(-c3cccc(F)c3F)c(C)c(=O)c2c1. The topological polar surface area (TPSA) is 101 Å². The second-order valence-electron chi connectivity index (χ2n) is 8.23. The van der Waals surface area contributed by atoms with Gasteiger partial charge in [0.25, 0.3) is 0 Å². The predicted octanol–water partition coefficient (Wildman–Crippen LogP) is 5.76. The zero-order valence-electron chi connectivity index (χ0n) is 19.1. The summed E-state index contributed by atoms with van der Waals surface area (Å²) < 4.78 is 49.0. The van der Waals surface area contributed by atoms with Gasteiger partial charge in [-0.2, -0.15) is 0 Å². The van der Waals surface area contributed by atoms with Crippen LogP contribution in [-0.4, -0.2) is 11.0 Å². The van der Waals surface area contributed by atoms with Crippen molar-refractivity contribution in [3.8, 4) is 11.3 Å². The van der Waals surface area contributed by atoms with Crippen molar-refractivity contribution in [1.82, 2.24) is 0 Å². The number of hydrogen-bond donors (Lipinski definition) is 3. The first-order chi connectivity index (χ1) is 16.6. The molecule has 0 fully saturated rings. The van der Waals surface area contributed by atoms with E-state index in [0.717, 1.165) is 11.6 Å². The van der Waals surface area contributed by atoms with E-state index in [1.54, 1.807) is 32.0 Å². The van der Waals surface area contributed by atoms with Gasteiger partial charge in [-0.3, -0.25) is 4.79 Å². The van der Waals surface area contributed by atoms with Crippen LogP contribution < -0.4 is 16.5 Å². The number of hydrogen-bond acceptors (Lipinski definition) is 5. The molecule has 0 aliphatic carbocycles. The third-order valence-corrected chi connectivity index (χ3v) is 5.80. The second kappa shape index (κ2) is 9.17. The Morgan fingerprint density at radius 2 is 1.77 bits per heavy atom. The van der Waals surface area contributed by atoms with E-state index >= 15 is 0 Å². The molecule has 0 radical (unpaired) electrons. The number of aryl methyl sites for hydroxylation is 1. The molecule has 0 aliphatic rings. The normalized spacial score (nSPS) is 12.7. The minimum absolute atomic E-state index is 0.0834. The fourth-order valence-electron chi connectivity index (χ4n) is 4.09. The minimum atomic E-state index is -1.12. The molecule has 1 atom stereocenters. The number of amidine groups is 1. The lowest BCUT2D eigenvalue weighted by Gasteiger charge is -2.20. The third kappa shape index (κ3) is 4.21. The Hall–Kier alpha value is -4.27. The van der Waals surface area contributed by atoms with Crippen LogP contribution in [0.15, 0.2) is 62.9 Å². The van der Waals surface area contributed by atoms with Crippen LogP contribution in [0, 0.1) is 31.3 Å². The first kappa shape index (κ1) is 23.9. The average Bonchev–Trinajstić information content (AvgIpc) is 2.83. The van der Waals surface area contributed by atoms with E-state index in [-0.39, 0.29) is 44.5 Å². The van der Waals surface area contributed by atoms with E-state index in [4.69, 9.17) is 15.4 Å². The fourth-order valence-corrected chi connectivity index (χ4v) is 4.09. The molecule has 4 rings (SSSR count). The summed E-state index contributed by atoms with van der Waals surface area (Å²) in [7, 11) is 0. The maximum absolute atomic E-state index is 14.6. The maximum Gasteiger partial charge on any atom is 0.196 e. The van der Waals surface area contributed by atoms with Crippen molar-refractivity contribution in [2.75, 3.05) is 5.32 Å². The molecule has 3 aromatic carbocycles. The summed E-state index contributed by atoms with van der Waals surface area (Å²) in [6.45, 7) is 5.04. The smallest absolute Gasteiger partial charge is 0.196 e. The van der Waals surface area contributed by atoms with Crippen LogP contribution in [0.1, 0.15) is 35.2 Å². The van der Waals surface area contributed by atoms with Crippen LogP contribution in [-0.2, 0) is 0 Å². The van der Waals surface area contributed by atoms with Crippen LogP contribution >= 0.6 is 0 Å². The minimum Gasteiger partial charge on any atom is -0.455 e. The van der Waals surface area contributed by atoms with Crippen molar-refractivity contribution in [2.24, 2.45) is 10.9 Å². The van der Waals surface area contributed by atoms with Gasteiger partial charge in [-0.05, 0) is 56.7 Å². The van der Waals surface area contributed by atoms with E-state index in [2.05, 4.69) is 10.5 Å². The summed E-state index contributed by atoms with van der Waals surface area (Å²) in [5.74, 6) is -3.39. The van der Waals surface area contributed by atoms with Crippen molar-refractivity contribution in [3.63, 3.8) is 0 Å². The Kier molecular flexibility index (Phi) is 6.26. The van der Waals surface area contributed by atoms with Crippen molar-refractivity contribution >= 4 is 22.5 Å². The Labute approximate surface area is 198 Å². The fraction of sp³-hybridized carbons (Fsp3) is 0.154. The highest BCUT2D eigenvalue weighted by molar-refractivity contribution is 6.02. The molecule has 0 aliphatic heterocycles. The van der Waals surface area contributed by atoms with Crippen LogP contribution in [0.5, 0.6) is 0 Å². The van der Waals surface area contributed by atoms with Gasteiger partial charge in [0, 0.05) is 16.8 Å². The highest BCUT2D eigenvalue weighted by atomic mass is 19.2. The molecule has 0 amide bonds. The lowest BCUT2D eigenvalue weighted by molar-refractivity contribution is 0.318. The van der Waals surface area contributed by atoms with Gasteiger partial charge >= 0.3 is 0 Å². The van der Waals surface area contributed by atoms with Gasteiger partial charge in [0.2, 0.25) is 0 Å². The Balaban J connectivity index is 1.92. The molecule has 9 heteroatoms. The molecule has 0 saturated heterocycles. The van der Waals surface area contributed by atoms with Gasteiger partial charge in [-0.1, -0.05) is 23.4 Å². The van der Waals surface area contributed by atoms with E-state index < -0.39 is 29.3 Å². The zero-order chi connectivity index (χ0) is 25.4. The van der Waals surface area contributed by atoms with E-state index in [9.17, 15) is 18.0 Å². The second-order valence-corrected chi connectivity index (χ2v) is 8.23. The summed E-state index contributed by atoms with van der Waals surface area (Å²) in [5, 5.41) is 15.3. The summed E-state index contributed by atoms with van der Waals surface area (Å²) >= 11 is 0. The number of nitrogens with two attached hydrogens (primary N) is 1. The van der Waals surface area contributed by atoms with Gasteiger partial charge in [-0.15, -0.1) is 0 Å². The molecule has 0 saturated carbocycles. The predicted molar refractivity (Wildman–Crippen MR) is 128 cm³/mol.